The largest absolute Gasteiger partial charge is 0.325 e. The molecule has 2 N–H and O–H groups in total. The van der Waals surface area contributed by atoms with Gasteiger partial charge in [-0.05, 0) is 68.3 Å². The summed E-state index contributed by atoms with van der Waals surface area (Å²) in [5.41, 5.74) is 2.66. The van der Waals surface area contributed by atoms with Gasteiger partial charge in [0.1, 0.15) is 0 Å². The van der Waals surface area contributed by atoms with Crippen LogP contribution in [0.25, 0.3) is 0 Å². The van der Waals surface area contributed by atoms with Crippen LogP contribution < -0.4 is 10.0 Å². The number of nitrogens with one attached hydrogen (secondary N) is 2. The predicted octanol–water partition coefficient (Wildman–Crippen LogP) is 3.26. The smallest absolute Gasteiger partial charge is 0.242 e. The van der Waals surface area contributed by atoms with Crippen molar-refractivity contribution in [1.82, 2.24) is 4.72 Å². The van der Waals surface area contributed by atoms with Crippen LogP contribution in [-0.4, -0.2) is 20.4 Å². The maximum Gasteiger partial charge on any atom is 0.242 e. The van der Waals surface area contributed by atoms with Gasteiger partial charge in [0.25, 0.3) is 0 Å². The maximum atomic E-state index is 12.3. The quantitative estimate of drug-likeness (QED) is 0.852. The number of benzene rings is 2. The molecule has 0 unspecified atom stereocenters. The lowest BCUT2D eigenvalue weighted by Gasteiger charge is -2.15. The van der Waals surface area contributed by atoms with E-state index >= 15 is 0 Å². The van der Waals surface area contributed by atoms with Gasteiger partial charge < -0.3 is 5.32 Å². The van der Waals surface area contributed by atoms with Crippen LogP contribution in [-0.2, 0) is 14.8 Å². The second-order valence-corrected chi connectivity index (χ2v) is 7.81. The van der Waals surface area contributed by atoms with Gasteiger partial charge in [0, 0.05) is 10.7 Å². The van der Waals surface area contributed by atoms with Gasteiger partial charge in [0.05, 0.1) is 10.9 Å². The van der Waals surface area contributed by atoms with Crippen LogP contribution in [0.1, 0.15) is 18.1 Å². The molecule has 0 radical (unpaired) electrons. The minimum Gasteiger partial charge on any atom is -0.325 e. The standard InChI is InChI=1S/C17H19ClN2O3S/c1-11-8-12(2)10-15(9-11)19-17(21)13(3)20-24(22,23)16-6-4-14(18)5-7-16/h4-10,13,20H,1-3H3,(H,19,21)/t13-/m0/s1. The number of hydrogen-bond acceptors (Lipinski definition) is 3. The summed E-state index contributed by atoms with van der Waals surface area (Å²) in [5.74, 6) is -0.433. The number of carbonyl (C=O) groups is 1. The van der Waals surface area contributed by atoms with E-state index in [0.29, 0.717) is 10.7 Å². The van der Waals surface area contributed by atoms with E-state index < -0.39 is 22.0 Å². The molecule has 0 aliphatic heterocycles. The van der Waals surface area contributed by atoms with Crippen LogP contribution in [0.15, 0.2) is 47.4 Å². The minimum atomic E-state index is -3.80. The Morgan fingerprint density at radius 2 is 1.58 bits per heavy atom. The highest BCUT2D eigenvalue weighted by Crippen LogP contribution is 2.16. The lowest BCUT2D eigenvalue weighted by molar-refractivity contribution is -0.117. The van der Waals surface area contributed by atoms with Crippen LogP contribution in [0.2, 0.25) is 5.02 Å². The molecule has 1 atom stereocenters. The number of rotatable bonds is 5. The van der Waals surface area contributed by atoms with Crippen molar-refractivity contribution in [3.05, 3.63) is 58.6 Å². The molecule has 0 aliphatic rings. The van der Waals surface area contributed by atoms with Gasteiger partial charge in [-0.1, -0.05) is 17.7 Å². The molecule has 1 amide bonds. The van der Waals surface area contributed by atoms with E-state index in [9.17, 15) is 13.2 Å². The first-order chi connectivity index (χ1) is 11.2. The first-order valence-electron chi connectivity index (χ1n) is 7.34. The number of anilines is 1. The van der Waals surface area contributed by atoms with E-state index in [1.54, 1.807) is 0 Å². The summed E-state index contributed by atoms with van der Waals surface area (Å²) in [6, 6.07) is 10.5. The predicted molar refractivity (Wildman–Crippen MR) is 95.8 cm³/mol. The summed E-state index contributed by atoms with van der Waals surface area (Å²) in [4.78, 5) is 12.3. The van der Waals surface area contributed by atoms with E-state index in [1.807, 2.05) is 32.0 Å². The van der Waals surface area contributed by atoms with Crippen molar-refractivity contribution < 1.29 is 13.2 Å². The Morgan fingerprint density at radius 1 is 1.04 bits per heavy atom. The van der Waals surface area contributed by atoms with Crippen molar-refractivity contribution in [1.29, 1.82) is 0 Å². The Balaban J connectivity index is 2.09. The number of hydrogen-bond donors (Lipinski definition) is 2. The van der Waals surface area contributed by atoms with Crippen LogP contribution in [0, 0.1) is 13.8 Å². The summed E-state index contributed by atoms with van der Waals surface area (Å²) < 4.78 is 26.9. The second kappa shape index (κ2) is 7.34. The first-order valence-corrected chi connectivity index (χ1v) is 9.20. The van der Waals surface area contributed by atoms with Gasteiger partial charge in [0.2, 0.25) is 15.9 Å². The third-order valence-corrected chi connectivity index (χ3v) is 5.15. The molecular weight excluding hydrogens is 348 g/mol. The zero-order valence-corrected chi connectivity index (χ0v) is 15.2. The van der Waals surface area contributed by atoms with Crippen LogP contribution in [0.5, 0.6) is 0 Å². The third kappa shape index (κ3) is 4.80. The molecule has 0 saturated carbocycles. The van der Waals surface area contributed by atoms with Crippen molar-refractivity contribution >= 4 is 33.2 Å². The normalized spacial score (nSPS) is 12.7. The summed E-state index contributed by atoms with van der Waals surface area (Å²) in [5, 5.41) is 3.16. The lowest BCUT2D eigenvalue weighted by Crippen LogP contribution is -2.41. The fourth-order valence-corrected chi connectivity index (χ4v) is 3.59. The molecular formula is C17H19ClN2O3S. The molecule has 2 aromatic carbocycles. The van der Waals surface area contributed by atoms with Gasteiger partial charge in [-0.3, -0.25) is 4.79 Å². The Labute approximate surface area is 147 Å². The topological polar surface area (TPSA) is 75.3 Å². The fraction of sp³-hybridized carbons (Fsp3) is 0.235. The van der Waals surface area contributed by atoms with E-state index in [1.165, 1.54) is 31.2 Å². The molecule has 24 heavy (non-hydrogen) atoms. The summed E-state index contributed by atoms with van der Waals surface area (Å²) in [7, 11) is -3.80. The van der Waals surface area contributed by atoms with Crippen LogP contribution >= 0.6 is 11.6 Å². The highest BCUT2D eigenvalue weighted by atomic mass is 35.5. The van der Waals surface area contributed by atoms with E-state index in [4.69, 9.17) is 11.6 Å². The van der Waals surface area contributed by atoms with Gasteiger partial charge >= 0.3 is 0 Å². The average Bonchev–Trinajstić information content (AvgIpc) is 2.46. The number of halogens is 1. The first kappa shape index (κ1) is 18.4. The second-order valence-electron chi connectivity index (χ2n) is 5.66. The van der Waals surface area contributed by atoms with Crippen LogP contribution in [0.3, 0.4) is 0 Å². The monoisotopic (exact) mass is 366 g/mol. The molecule has 0 aliphatic carbocycles. The Kier molecular flexibility index (Phi) is 5.64. The minimum absolute atomic E-state index is 0.0537. The molecule has 0 saturated heterocycles. The van der Waals surface area contributed by atoms with Gasteiger partial charge in [-0.15, -0.1) is 0 Å². The highest BCUT2D eigenvalue weighted by Gasteiger charge is 2.22. The van der Waals surface area contributed by atoms with Crippen molar-refractivity contribution in [3.8, 4) is 0 Å². The van der Waals surface area contributed by atoms with Gasteiger partial charge in [-0.25, -0.2) is 8.42 Å². The Morgan fingerprint density at radius 3 is 2.12 bits per heavy atom. The Hall–Kier alpha value is -1.89. The van der Waals surface area contributed by atoms with Crippen molar-refractivity contribution in [2.45, 2.75) is 31.7 Å². The number of amides is 1. The summed E-state index contributed by atoms with van der Waals surface area (Å²) in [6.45, 7) is 5.34. The molecule has 2 aromatic rings. The molecule has 5 nitrogen and oxygen atoms in total. The van der Waals surface area contributed by atoms with Crippen molar-refractivity contribution in [3.63, 3.8) is 0 Å². The Bertz CT molecular complexity index is 828. The molecule has 0 heterocycles. The molecule has 0 fully saturated rings. The lowest BCUT2D eigenvalue weighted by atomic mass is 10.1. The van der Waals surface area contributed by atoms with Crippen molar-refractivity contribution in [2.75, 3.05) is 5.32 Å². The number of carbonyl (C=O) groups excluding carboxylic acids is 1. The summed E-state index contributed by atoms with van der Waals surface area (Å²) >= 11 is 5.75. The molecule has 2 rings (SSSR count). The number of sulfonamides is 1. The third-order valence-electron chi connectivity index (χ3n) is 3.34. The van der Waals surface area contributed by atoms with E-state index in [-0.39, 0.29) is 4.90 Å². The van der Waals surface area contributed by atoms with E-state index in [0.717, 1.165) is 11.1 Å². The molecule has 128 valence electrons. The molecule has 0 bridgehead atoms. The van der Waals surface area contributed by atoms with E-state index in [2.05, 4.69) is 10.0 Å². The molecule has 0 aromatic heterocycles. The van der Waals surface area contributed by atoms with Crippen LogP contribution in [0.4, 0.5) is 5.69 Å². The summed E-state index contributed by atoms with van der Waals surface area (Å²) in [6.07, 6.45) is 0. The molecule has 7 heteroatoms. The zero-order chi connectivity index (χ0) is 17.9. The van der Waals surface area contributed by atoms with Gasteiger partial charge in [-0.2, -0.15) is 4.72 Å². The van der Waals surface area contributed by atoms with Crippen molar-refractivity contribution in [2.24, 2.45) is 0 Å². The fourth-order valence-electron chi connectivity index (χ4n) is 2.27. The zero-order valence-electron chi connectivity index (χ0n) is 13.6. The maximum absolute atomic E-state index is 12.3. The SMILES string of the molecule is Cc1cc(C)cc(NC(=O)[C@H](C)NS(=O)(=O)c2ccc(Cl)cc2)c1. The van der Waals surface area contributed by atoms with Gasteiger partial charge in [0.15, 0.2) is 0 Å². The average molecular weight is 367 g/mol. The number of aryl methyl sites for hydroxylation is 2. The molecule has 0 spiro atoms. The highest BCUT2D eigenvalue weighted by molar-refractivity contribution is 7.89.